The predicted octanol–water partition coefficient (Wildman–Crippen LogP) is 4.86. The minimum absolute atomic E-state index is 0.0329. The molecule has 0 spiro atoms. The van der Waals surface area contributed by atoms with Crippen molar-refractivity contribution in [1.82, 2.24) is 14.9 Å². The average molecular weight is 429 g/mol. The van der Waals surface area contributed by atoms with E-state index in [9.17, 15) is 9.18 Å². The molecule has 8 heteroatoms. The lowest BCUT2D eigenvalue weighted by Crippen LogP contribution is -2.43. The standard InChI is InChI=1S/C22H22ClFN4O2/c1-13-8-20-17(10-21(13)30-16-4-3-7-28(11-16)14(2)29)22(26-12-25-20)27-15-5-6-19(24)18(23)9-15/h5-6,8-10,12,16H,3-4,7,11H2,1-2H3,(H,25,26,27). The normalized spacial score (nSPS) is 16.5. The van der Waals surface area contributed by atoms with Crippen LogP contribution in [-0.2, 0) is 4.79 Å². The van der Waals surface area contributed by atoms with Gasteiger partial charge in [-0.25, -0.2) is 14.4 Å². The Balaban J connectivity index is 1.63. The summed E-state index contributed by atoms with van der Waals surface area (Å²) < 4.78 is 19.7. The highest BCUT2D eigenvalue weighted by molar-refractivity contribution is 6.31. The van der Waals surface area contributed by atoms with Gasteiger partial charge in [0, 0.05) is 24.5 Å². The molecule has 3 aromatic rings. The fraction of sp³-hybridized carbons (Fsp3) is 0.318. The van der Waals surface area contributed by atoms with Crippen molar-refractivity contribution in [3.8, 4) is 5.75 Å². The zero-order valence-corrected chi connectivity index (χ0v) is 17.5. The number of ether oxygens (including phenoxy) is 1. The Bertz CT molecular complexity index is 1110. The number of halogens is 2. The van der Waals surface area contributed by atoms with Crippen LogP contribution in [0.1, 0.15) is 25.3 Å². The van der Waals surface area contributed by atoms with E-state index in [4.69, 9.17) is 16.3 Å². The van der Waals surface area contributed by atoms with Crippen LogP contribution < -0.4 is 10.1 Å². The van der Waals surface area contributed by atoms with E-state index in [0.717, 1.165) is 41.6 Å². The number of nitrogens with one attached hydrogen (secondary N) is 1. The van der Waals surface area contributed by atoms with Crippen molar-refractivity contribution >= 4 is 39.9 Å². The third-order valence-electron chi connectivity index (χ3n) is 5.23. The molecule has 2 heterocycles. The summed E-state index contributed by atoms with van der Waals surface area (Å²) in [7, 11) is 0. The van der Waals surface area contributed by atoms with E-state index in [2.05, 4.69) is 15.3 Å². The van der Waals surface area contributed by atoms with Gasteiger partial charge in [0.2, 0.25) is 5.91 Å². The summed E-state index contributed by atoms with van der Waals surface area (Å²) in [5.74, 6) is 0.888. The van der Waals surface area contributed by atoms with Gasteiger partial charge in [-0.3, -0.25) is 4.79 Å². The molecule has 0 saturated carbocycles. The smallest absolute Gasteiger partial charge is 0.219 e. The number of hydrogen-bond acceptors (Lipinski definition) is 5. The van der Waals surface area contributed by atoms with Crippen molar-refractivity contribution in [1.29, 1.82) is 0 Å². The van der Waals surface area contributed by atoms with Crippen molar-refractivity contribution in [3.05, 3.63) is 53.1 Å². The van der Waals surface area contributed by atoms with Crippen LogP contribution in [0.5, 0.6) is 5.75 Å². The first-order valence-corrected chi connectivity index (χ1v) is 10.2. The second-order valence-corrected chi connectivity index (χ2v) is 7.87. The highest BCUT2D eigenvalue weighted by Crippen LogP contribution is 2.32. The molecule has 1 N–H and O–H groups in total. The quantitative estimate of drug-likeness (QED) is 0.642. The molecule has 0 aliphatic carbocycles. The van der Waals surface area contributed by atoms with Crippen LogP contribution in [0.3, 0.4) is 0 Å². The molecule has 1 fully saturated rings. The SMILES string of the molecule is CC(=O)N1CCCC(Oc2cc3c(Nc4ccc(F)c(Cl)c4)ncnc3cc2C)C1. The van der Waals surface area contributed by atoms with E-state index in [1.807, 2.05) is 24.0 Å². The van der Waals surface area contributed by atoms with Crippen molar-refractivity contribution in [2.24, 2.45) is 0 Å². The number of aromatic nitrogens is 2. The molecule has 0 bridgehead atoms. The number of aryl methyl sites for hydroxylation is 1. The summed E-state index contributed by atoms with van der Waals surface area (Å²) in [6.45, 7) is 4.90. The van der Waals surface area contributed by atoms with Gasteiger partial charge >= 0.3 is 0 Å². The Morgan fingerprint density at radius 1 is 1.30 bits per heavy atom. The molecule has 6 nitrogen and oxygen atoms in total. The molecule has 1 saturated heterocycles. The number of piperidine rings is 1. The van der Waals surface area contributed by atoms with Crippen LogP contribution in [0, 0.1) is 12.7 Å². The lowest BCUT2D eigenvalue weighted by Gasteiger charge is -2.32. The van der Waals surface area contributed by atoms with Gasteiger partial charge in [0.15, 0.2) is 0 Å². The second kappa shape index (κ2) is 8.44. The molecule has 1 atom stereocenters. The highest BCUT2D eigenvalue weighted by Gasteiger charge is 2.23. The number of anilines is 2. The molecule has 1 amide bonds. The second-order valence-electron chi connectivity index (χ2n) is 7.46. The first-order valence-electron chi connectivity index (χ1n) is 9.80. The van der Waals surface area contributed by atoms with E-state index in [1.54, 1.807) is 13.0 Å². The van der Waals surface area contributed by atoms with Crippen LogP contribution in [0.2, 0.25) is 5.02 Å². The molecule has 156 valence electrons. The third-order valence-corrected chi connectivity index (χ3v) is 5.52. The number of fused-ring (bicyclic) bond motifs is 1. The summed E-state index contributed by atoms with van der Waals surface area (Å²) in [4.78, 5) is 22.2. The van der Waals surface area contributed by atoms with Crippen LogP contribution in [-0.4, -0.2) is 40.0 Å². The van der Waals surface area contributed by atoms with Crippen molar-refractivity contribution in [2.45, 2.75) is 32.8 Å². The van der Waals surface area contributed by atoms with Crippen molar-refractivity contribution in [2.75, 3.05) is 18.4 Å². The fourth-order valence-corrected chi connectivity index (χ4v) is 3.81. The average Bonchev–Trinajstić information content (AvgIpc) is 2.72. The summed E-state index contributed by atoms with van der Waals surface area (Å²) in [6.07, 6.45) is 3.22. The molecule has 1 aliphatic rings. The van der Waals surface area contributed by atoms with Crippen LogP contribution >= 0.6 is 11.6 Å². The van der Waals surface area contributed by atoms with E-state index >= 15 is 0 Å². The van der Waals surface area contributed by atoms with E-state index < -0.39 is 5.82 Å². The van der Waals surface area contributed by atoms with Gasteiger partial charge in [0.1, 0.15) is 29.8 Å². The van der Waals surface area contributed by atoms with E-state index in [-0.39, 0.29) is 17.0 Å². The summed E-state index contributed by atoms with van der Waals surface area (Å²) >= 11 is 5.89. The molecule has 0 radical (unpaired) electrons. The third kappa shape index (κ3) is 4.31. The molecule has 1 unspecified atom stereocenters. The molecule has 4 rings (SSSR count). The Hall–Kier alpha value is -2.93. The number of amides is 1. The van der Waals surface area contributed by atoms with E-state index in [1.165, 1.54) is 18.5 Å². The highest BCUT2D eigenvalue weighted by atomic mass is 35.5. The van der Waals surface area contributed by atoms with E-state index in [0.29, 0.717) is 18.1 Å². The van der Waals surface area contributed by atoms with Crippen LogP contribution in [0.25, 0.3) is 10.9 Å². The first-order chi connectivity index (χ1) is 14.4. The summed E-state index contributed by atoms with van der Waals surface area (Å²) in [5.41, 5.74) is 2.34. The van der Waals surface area contributed by atoms with Gasteiger partial charge in [-0.1, -0.05) is 11.6 Å². The van der Waals surface area contributed by atoms with Crippen molar-refractivity contribution in [3.63, 3.8) is 0 Å². The first kappa shape index (κ1) is 20.3. The lowest BCUT2D eigenvalue weighted by atomic mass is 10.1. The molecular weight excluding hydrogens is 407 g/mol. The number of carbonyl (C=O) groups excluding carboxylic acids is 1. The number of hydrogen-bond donors (Lipinski definition) is 1. The number of rotatable bonds is 4. The number of nitrogens with zero attached hydrogens (tertiary/aromatic N) is 3. The maximum Gasteiger partial charge on any atom is 0.219 e. The van der Waals surface area contributed by atoms with Gasteiger partial charge in [-0.05, 0) is 55.7 Å². The summed E-state index contributed by atoms with van der Waals surface area (Å²) in [5, 5.41) is 3.99. The maximum atomic E-state index is 13.5. The van der Waals surface area contributed by atoms with Crippen LogP contribution in [0.4, 0.5) is 15.9 Å². The molecule has 1 aliphatic heterocycles. The summed E-state index contributed by atoms with van der Waals surface area (Å²) in [6, 6.07) is 8.26. The van der Waals surface area contributed by atoms with Gasteiger partial charge in [0.25, 0.3) is 0 Å². The Labute approximate surface area is 179 Å². The molecule has 2 aromatic carbocycles. The van der Waals surface area contributed by atoms with Gasteiger partial charge in [-0.15, -0.1) is 0 Å². The number of benzene rings is 2. The van der Waals surface area contributed by atoms with Gasteiger partial charge in [-0.2, -0.15) is 0 Å². The topological polar surface area (TPSA) is 67.3 Å². The minimum atomic E-state index is -0.479. The zero-order chi connectivity index (χ0) is 21.3. The largest absolute Gasteiger partial charge is 0.488 e. The van der Waals surface area contributed by atoms with Gasteiger partial charge < -0.3 is 15.0 Å². The molecular formula is C22H22ClFN4O2. The maximum absolute atomic E-state index is 13.5. The fourth-order valence-electron chi connectivity index (χ4n) is 3.62. The predicted molar refractivity (Wildman–Crippen MR) is 115 cm³/mol. The Kier molecular flexibility index (Phi) is 5.72. The lowest BCUT2D eigenvalue weighted by molar-refractivity contribution is -0.131. The number of likely N-dealkylation sites (tertiary alicyclic amines) is 1. The monoisotopic (exact) mass is 428 g/mol. The number of carbonyl (C=O) groups is 1. The minimum Gasteiger partial charge on any atom is -0.488 e. The Morgan fingerprint density at radius 2 is 2.13 bits per heavy atom. The Morgan fingerprint density at radius 3 is 2.90 bits per heavy atom. The van der Waals surface area contributed by atoms with Crippen molar-refractivity contribution < 1.29 is 13.9 Å². The molecule has 1 aromatic heterocycles. The van der Waals surface area contributed by atoms with Gasteiger partial charge in [0.05, 0.1) is 17.1 Å². The van der Waals surface area contributed by atoms with Crippen LogP contribution in [0.15, 0.2) is 36.7 Å². The molecule has 30 heavy (non-hydrogen) atoms. The zero-order valence-electron chi connectivity index (χ0n) is 16.8.